The van der Waals surface area contributed by atoms with E-state index in [2.05, 4.69) is 15.5 Å². The Morgan fingerprint density at radius 2 is 2.00 bits per heavy atom. The molecule has 1 unspecified atom stereocenters. The monoisotopic (exact) mass is 417 g/mol. The van der Waals surface area contributed by atoms with E-state index in [4.69, 9.17) is 11.6 Å². The number of hydrogen-bond acceptors (Lipinski definition) is 3. The van der Waals surface area contributed by atoms with Gasteiger partial charge in [-0.15, -0.1) is 0 Å². The molecular weight excluding hydrogens is 395 g/mol. The predicted molar refractivity (Wildman–Crippen MR) is 98.3 cm³/mol. The number of nitrogens with one attached hydrogen (secondary N) is 1. The fourth-order valence-corrected chi connectivity index (χ4v) is 3.77. The molecule has 0 saturated heterocycles. The van der Waals surface area contributed by atoms with Gasteiger partial charge in [-0.2, -0.15) is 23.4 Å². The first kappa shape index (κ1) is 20.7. The quantitative estimate of drug-likeness (QED) is 0.730. The van der Waals surface area contributed by atoms with Gasteiger partial charge in [0.2, 0.25) is 5.91 Å². The van der Waals surface area contributed by atoms with Gasteiger partial charge in [0, 0.05) is 18.7 Å². The average molecular weight is 418 g/mol. The van der Waals surface area contributed by atoms with Crippen molar-refractivity contribution in [1.29, 1.82) is 0 Å². The Bertz CT molecular complexity index is 887. The van der Waals surface area contributed by atoms with Crippen LogP contribution in [0.25, 0.3) is 0 Å². The van der Waals surface area contributed by atoms with Gasteiger partial charge in [0.15, 0.2) is 0 Å². The summed E-state index contributed by atoms with van der Waals surface area (Å²) >= 11 is 6.11. The number of amides is 1. The Labute approximate surface area is 166 Å². The highest BCUT2D eigenvalue weighted by molar-refractivity contribution is 6.31. The lowest BCUT2D eigenvalue weighted by Crippen LogP contribution is -2.33. The van der Waals surface area contributed by atoms with Gasteiger partial charge < -0.3 is 5.32 Å². The van der Waals surface area contributed by atoms with Gasteiger partial charge in [0.25, 0.3) is 0 Å². The second-order valence-electron chi connectivity index (χ2n) is 7.10. The first-order valence-electron chi connectivity index (χ1n) is 9.26. The van der Waals surface area contributed by atoms with E-state index in [9.17, 15) is 18.0 Å². The van der Waals surface area contributed by atoms with E-state index in [1.807, 2.05) is 0 Å². The van der Waals surface area contributed by atoms with Crippen LogP contribution in [0.4, 0.5) is 13.2 Å². The van der Waals surface area contributed by atoms with Gasteiger partial charge in [-0.25, -0.2) is 0 Å². The van der Waals surface area contributed by atoms with Crippen molar-refractivity contribution in [2.75, 3.05) is 6.54 Å². The maximum Gasteiger partial charge on any atom is 0.433 e. The lowest BCUT2D eigenvalue weighted by Gasteiger charge is -2.15. The highest BCUT2D eigenvalue weighted by Gasteiger charge is 2.40. The first-order valence-corrected chi connectivity index (χ1v) is 9.63. The fourth-order valence-electron chi connectivity index (χ4n) is 3.64. The Morgan fingerprint density at radius 3 is 2.61 bits per heavy atom. The molecule has 2 aromatic rings. The summed E-state index contributed by atoms with van der Waals surface area (Å²) in [6.07, 6.45) is -2.35. The summed E-state index contributed by atoms with van der Waals surface area (Å²) in [7, 11) is 0. The van der Waals surface area contributed by atoms with Gasteiger partial charge in [0.1, 0.15) is 11.7 Å². The molecule has 28 heavy (non-hydrogen) atoms. The lowest BCUT2D eigenvalue weighted by molar-refractivity contribution is -0.144. The van der Waals surface area contributed by atoms with Gasteiger partial charge in [0.05, 0.1) is 22.1 Å². The number of alkyl halides is 3. The molecule has 1 aliphatic carbocycles. The Morgan fingerprint density at radius 1 is 1.29 bits per heavy atom. The molecule has 2 aromatic heterocycles. The molecule has 0 spiro atoms. The lowest BCUT2D eigenvalue weighted by atomic mass is 10.2. The first-order chi connectivity index (χ1) is 13.1. The van der Waals surface area contributed by atoms with Crippen molar-refractivity contribution in [2.45, 2.75) is 65.2 Å². The third-order valence-corrected chi connectivity index (χ3v) is 5.62. The number of carbonyl (C=O) groups is 1. The second kappa shape index (κ2) is 7.77. The van der Waals surface area contributed by atoms with Crippen molar-refractivity contribution in [3.8, 4) is 0 Å². The van der Waals surface area contributed by atoms with E-state index >= 15 is 0 Å². The molecule has 6 nitrogen and oxygen atoms in total. The molecule has 1 amide bonds. The molecular formula is C18H23ClF3N5O. The Balaban J connectivity index is 1.58. The number of rotatable bonds is 6. The summed E-state index contributed by atoms with van der Waals surface area (Å²) in [6, 6.07) is -0.564. The molecule has 2 heterocycles. The molecule has 3 rings (SSSR count). The van der Waals surface area contributed by atoms with Crippen LogP contribution in [0, 0.1) is 13.8 Å². The summed E-state index contributed by atoms with van der Waals surface area (Å²) in [4.78, 5) is 12.4. The Kier molecular flexibility index (Phi) is 5.74. The number of hydrogen-bond donors (Lipinski definition) is 1. The molecule has 0 bridgehead atoms. The summed E-state index contributed by atoms with van der Waals surface area (Å²) < 4.78 is 42.8. The number of carbonyl (C=O) groups excluding carboxylic acids is 1. The number of aromatic nitrogens is 4. The number of halogens is 4. The number of aryl methyl sites for hydroxylation is 3. The average Bonchev–Trinajstić information content (AvgIpc) is 3.26. The van der Waals surface area contributed by atoms with E-state index in [-0.39, 0.29) is 19.0 Å². The molecule has 1 aliphatic rings. The fraction of sp³-hybridized carbons (Fsp3) is 0.611. The smallest absolute Gasteiger partial charge is 0.354 e. The molecule has 1 atom stereocenters. The van der Waals surface area contributed by atoms with E-state index in [1.165, 1.54) is 0 Å². The van der Waals surface area contributed by atoms with Crippen LogP contribution >= 0.6 is 11.6 Å². The minimum absolute atomic E-state index is 0.0994. The molecule has 0 fully saturated rings. The zero-order chi connectivity index (χ0) is 20.6. The van der Waals surface area contributed by atoms with Gasteiger partial charge >= 0.3 is 6.18 Å². The van der Waals surface area contributed by atoms with E-state index in [0.29, 0.717) is 53.4 Å². The van der Waals surface area contributed by atoms with E-state index < -0.39 is 17.9 Å². The minimum Gasteiger partial charge on any atom is -0.354 e. The maximum atomic E-state index is 13.4. The zero-order valence-corrected chi connectivity index (χ0v) is 16.8. The molecule has 0 aromatic carbocycles. The van der Waals surface area contributed by atoms with Crippen molar-refractivity contribution in [3.05, 3.63) is 33.4 Å². The van der Waals surface area contributed by atoms with Crippen molar-refractivity contribution >= 4 is 17.5 Å². The molecule has 0 aliphatic heterocycles. The number of fused-ring (bicyclic) bond motifs is 1. The van der Waals surface area contributed by atoms with Crippen molar-refractivity contribution in [3.63, 3.8) is 0 Å². The van der Waals surface area contributed by atoms with Gasteiger partial charge in [-0.3, -0.25) is 14.2 Å². The standard InChI is InChI=1S/C18H23ClF3N5O/c1-10-15(19)11(2)27(24-10)12(3)17(28)23-8-5-9-26-16(18(20,21)22)13-6-4-7-14(13)25-26/h12H,4-9H2,1-3H3,(H,23,28). The van der Waals surface area contributed by atoms with E-state index in [1.54, 1.807) is 25.5 Å². The van der Waals surface area contributed by atoms with Crippen LogP contribution in [0.1, 0.15) is 54.1 Å². The summed E-state index contributed by atoms with van der Waals surface area (Å²) in [5.74, 6) is -0.263. The largest absolute Gasteiger partial charge is 0.433 e. The van der Waals surface area contributed by atoms with Gasteiger partial charge in [-0.05, 0) is 46.5 Å². The van der Waals surface area contributed by atoms with Crippen LogP contribution < -0.4 is 5.32 Å². The normalized spacial score (nSPS) is 15.0. The molecule has 0 radical (unpaired) electrons. The van der Waals surface area contributed by atoms with Crippen LogP contribution in [0.2, 0.25) is 5.02 Å². The highest BCUT2D eigenvalue weighted by atomic mass is 35.5. The minimum atomic E-state index is -4.42. The molecule has 1 N–H and O–H groups in total. The maximum absolute atomic E-state index is 13.4. The summed E-state index contributed by atoms with van der Waals surface area (Å²) in [6.45, 7) is 5.59. The van der Waals surface area contributed by atoms with Crippen LogP contribution in [0.3, 0.4) is 0 Å². The molecule has 154 valence electrons. The summed E-state index contributed by atoms with van der Waals surface area (Å²) in [5, 5.41) is 11.7. The SMILES string of the molecule is Cc1nn(C(C)C(=O)NCCCn2nc3c(c2C(F)(F)F)CCC3)c(C)c1Cl. The van der Waals surface area contributed by atoms with Crippen LogP contribution in [0.15, 0.2) is 0 Å². The number of nitrogens with zero attached hydrogens (tertiary/aromatic N) is 4. The highest BCUT2D eigenvalue weighted by Crippen LogP contribution is 2.37. The zero-order valence-electron chi connectivity index (χ0n) is 16.0. The second-order valence-corrected chi connectivity index (χ2v) is 7.48. The van der Waals surface area contributed by atoms with Gasteiger partial charge in [-0.1, -0.05) is 11.6 Å². The van der Waals surface area contributed by atoms with Crippen LogP contribution in [0.5, 0.6) is 0 Å². The third-order valence-electron chi connectivity index (χ3n) is 5.07. The summed E-state index contributed by atoms with van der Waals surface area (Å²) in [5.41, 5.74) is 1.57. The Hall–Kier alpha value is -2.03. The van der Waals surface area contributed by atoms with E-state index in [0.717, 1.165) is 4.68 Å². The third kappa shape index (κ3) is 3.90. The van der Waals surface area contributed by atoms with Crippen molar-refractivity contribution in [2.24, 2.45) is 0 Å². The van der Waals surface area contributed by atoms with Crippen LogP contribution in [-0.2, 0) is 30.4 Å². The predicted octanol–water partition coefficient (Wildman–Crippen LogP) is 3.62. The van der Waals surface area contributed by atoms with Crippen LogP contribution in [-0.4, -0.2) is 32.0 Å². The molecule has 0 saturated carbocycles. The van der Waals surface area contributed by atoms with Crippen molar-refractivity contribution < 1.29 is 18.0 Å². The topological polar surface area (TPSA) is 64.7 Å². The molecule has 10 heteroatoms. The van der Waals surface area contributed by atoms with Crippen molar-refractivity contribution in [1.82, 2.24) is 24.9 Å².